The first-order valence-electron chi connectivity index (χ1n) is 6.61. The molecule has 1 fully saturated rings. The van der Waals surface area contributed by atoms with Crippen LogP contribution in [0.2, 0.25) is 0 Å². The molecule has 2 atom stereocenters. The van der Waals surface area contributed by atoms with Gasteiger partial charge in [0, 0.05) is 12.2 Å². The van der Waals surface area contributed by atoms with Gasteiger partial charge in [-0.05, 0) is 24.8 Å². The summed E-state index contributed by atoms with van der Waals surface area (Å²) in [7, 11) is 0. The molecule has 1 aliphatic rings. The van der Waals surface area contributed by atoms with Crippen molar-refractivity contribution in [3.05, 3.63) is 24.0 Å². The maximum Gasteiger partial charge on any atom is 0.253 e. The number of rotatable bonds is 2. The van der Waals surface area contributed by atoms with Crippen LogP contribution in [0.3, 0.4) is 0 Å². The van der Waals surface area contributed by atoms with Crippen LogP contribution < -0.4 is 5.32 Å². The molecular formula is C14H20N2O2. The first-order chi connectivity index (χ1) is 8.66. The van der Waals surface area contributed by atoms with Crippen LogP contribution in [0.1, 0.15) is 49.4 Å². The Labute approximate surface area is 107 Å². The zero-order chi connectivity index (χ0) is 13.0. The molecule has 1 aromatic heterocycles. The molecule has 4 nitrogen and oxygen atoms in total. The van der Waals surface area contributed by atoms with E-state index in [2.05, 4.69) is 17.2 Å². The first-order valence-corrected chi connectivity index (χ1v) is 6.61. The number of aromatic nitrogens is 1. The van der Waals surface area contributed by atoms with Crippen molar-refractivity contribution in [2.45, 2.75) is 45.1 Å². The van der Waals surface area contributed by atoms with Gasteiger partial charge in [-0.2, -0.15) is 0 Å². The lowest BCUT2D eigenvalue weighted by Gasteiger charge is -2.22. The van der Waals surface area contributed by atoms with E-state index in [0.717, 1.165) is 6.42 Å². The minimum atomic E-state index is -0.142. The number of hydrogen-bond acceptors (Lipinski definition) is 3. The van der Waals surface area contributed by atoms with Crippen molar-refractivity contribution in [1.82, 2.24) is 10.3 Å². The summed E-state index contributed by atoms with van der Waals surface area (Å²) in [6, 6.07) is 1.69. The Morgan fingerprint density at radius 1 is 1.33 bits per heavy atom. The molecule has 0 bridgehead atoms. The largest absolute Gasteiger partial charge is 0.506 e. The molecule has 1 saturated carbocycles. The lowest BCUT2D eigenvalue weighted by molar-refractivity contribution is 0.0921. The number of hydrogen-bond donors (Lipinski definition) is 2. The summed E-state index contributed by atoms with van der Waals surface area (Å²) < 4.78 is 0. The van der Waals surface area contributed by atoms with Crippen molar-refractivity contribution >= 4 is 5.91 Å². The summed E-state index contributed by atoms with van der Waals surface area (Å²) in [6.07, 6.45) is 8.70. The number of carbonyl (C=O) groups excluding carboxylic acids is 1. The topological polar surface area (TPSA) is 62.2 Å². The van der Waals surface area contributed by atoms with Gasteiger partial charge in [0.1, 0.15) is 5.75 Å². The second kappa shape index (κ2) is 5.85. The molecule has 2 N–H and O–H groups in total. The van der Waals surface area contributed by atoms with Gasteiger partial charge in [0.25, 0.3) is 5.91 Å². The molecule has 0 radical (unpaired) electrons. The van der Waals surface area contributed by atoms with Crippen molar-refractivity contribution in [3.8, 4) is 5.75 Å². The molecule has 4 heteroatoms. The molecule has 0 saturated heterocycles. The zero-order valence-electron chi connectivity index (χ0n) is 10.7. The first kappa shape index (κ1) is 12.9. The number of aromatic hydroxyl groups is 1. The fraction of sp³-hybridized carbons (Fsp3) is 0.571. The predicted octanol–water partition coefficient (Wildman–Crippen LogP) is 2.49. The van der Waals surface area contributed by atoms with Crippen molar-refractivity contribution in [3.63, 3.8) is 0 Å². The van der Waals surface area contributed by atoms with E-state index in [-0.39, 0.29) is 17.7 Å². The van der Waals surface area contributed by atoms with Gasteiger partial charge in [-0.25, -0.2) is 0 Å². The summed E-state index contributed by atoms with van der Waals surface area (Å²) >= 11 is 0. The van der Waals surface area contributed by atoms with Gasteiger partial charge >= 0.3 is 0 Å². The van der Waals surface area contributed by atoms with Gasteiger partial charge in [0.2, 0.25) is 0 Å². The van der Waals surface area contributed by atoms with Crippen LogP contribution >= 0.6 is 0 Å². The van der Waals surface area contributed by atoms with Gasteiger partial charge < -0.3 is 10.4 Å². The fourth-order valence-corrected chi connectivity index (χ4v) is 2.51. The Bertz CT molecular complexity index is 420. The third kappa shape index (κ3) is 3.22. The van der Waals surface area contributed by atoms with E-state index in [1.165, 1.54) is 44.1 Å². The third-order valence-corrected chi connectivity index (χ3v) is 3.66. The average molecular weight is 248 g/mol. The molecule has 1 amide bonds. The van der Waals surface area contributed by atoms with Crippen LogP contribution in [0.4, 0.5) is 0 Å². The standard InChI is InChI=1S/C14H20N2O2/c1-10-5-3-2-4-6-13(10)16-14(18)11-7-12(17)9-15-8-11/h7-10,13,17H,2-6H2,1H3,(H,16,18). The highest BCUT2D eigenvalue weighted by atomic mass is 16.3. The Morgan fingerprint density at radius 2 is 2.11 bits per heavy atom. The number of amides is 1. The van der Waals surface area contributed by atoms with Gasteiger partial charge in [0.15, 0.2) is 0 Å². The lowest BCUT2D eigenvalue weighted by atomic mass is 9.97. The van der Waals surface area contributed by atoms with Gasteiger partial charge in [-0.15, -0.1) is 0 Å². The average Bonchev–Trinajstić information content (AvgIpc) is 2.55. The van der Waals surface area contributed by atoms with E-state index in [4.69, 9.17) is 0 Å². The molecule has 98 valence electrons. The minimum Gasteiger partial charge on any atom is -0.506 e. The van der Waals surface area contributed by atoms with Crippen molar-refractivity contribution in [2.24, 2.45) is 5.92 Å². The number of nitrogens with one attached hydrogen (secondary N) is 1. The van der Waals surface area contributed by atoms with E-state index in [1.54, 1.807) is 0 Å². The molecule has 1 aliphatic carbocycles. The van der Waals surface area contributed by atoms with Crippen LogP contribution in [0.25, 0.3) is 0 Å². The number of nitrogens with zero attached hydrogens (tertiary/aromatic N) is 1. The highest BCUT2D eigenvalue weighted by molar-refractivity contribution is 5.94. The summed E-state index contributed by atoms with van der Waals surface area (Å²) in [4.78, 5) is 15.9. The monoisotopic (exact) mass is 248 g/mol. The molecule has 2 unspecified atom stereocenters. The van der Waals surface area contributed by atoms with Crippen molar-refractivity contribution in [1.29, 1.82) is 0 Å². The molecular weight excluding hydrogens is 228 g/mol. The van der Waals surface area contributed by atoms with Crippen LogP contribution in [0.5, 0.6) is 5.75 Å². The zero-order valence-corrected chi connectivity index (χ0v) is 10.7. The van der Waals surface area contributed by atoms with Crippen LogP contribution in [-0.2, 0) is 0 Å². The second-order valence-electron chi connectivity index (χ2n) is 5.13. The predicted molar refractivity (Wildman–Crippen MR) is 69.4 cm³/mol. The van der Waals surface area contributed by atoms with Gasteiger partial charge in [-0.1, -0.05) is 26.2 Å². The highest BCUT2D eigenvalue weighted by Crippen LogP contribution is 2.23. The lowest BCUT2D eigenvalue weighted by Crippen LogP contribution is -2.38. The quantitative estimate of drug-likeness (QED) is 0.790. The molecule has 18 heavy (non-hydrogen) atoms. The molecule has 0 aliphatic heterocycles. The SMILES string of the molecule is CC1CCCCCC1NC(=O)c1cncc(O)c1. The highest BCUT2D eigenvalue weighted by Gasteiger charge is 2.22. The van der Waals surface area contributed by atoms with E-state index >= 15 is 0 Å². The van der Waals surface area contributed by atoms with Gasteiger partial charge in [-0.3, -0.25) is 9.78 Å². The van der Waals surface area contributed by atoms with E-state index < -0.39 is 0 Å². The van der Waals surface area contributed by atoms with Crippen molar-refractivity contribution in [2.75, 3.05) is 0 Å². The molecule has 2 rings (SSSR count). The van der Waals surface area contributed by atoms with Gasteiger partial charge in [0.05, 0.1) is 11.8 Å². The Hall–Kier alpha value is -1.58. The van der Waals surface area contributed by atoms with E-state index in [1.807, 2.05) is 0 Å². The number of carbonyl (C=O) groups is 1. The smallest absolute Gasteiger partial charge is 0.253 e. The van der Waals surface area contributed by atoms with Crippen LogP contribution in [-0.4, -0.2) is 22.0 Å². The summed E-state index contributed by atoms with van der Waals surface area (Å²) in [5.41, 5.74) is 0.423. The Balaban J connectivity index is 2.01. The summed E-state index contributed by atoms with van der Waals surface area (Å²) in [5, 5.41) is 12.4. The molecule has 0 aromatic carbocycles. The fourth-order valence-electron chi connectivity index (χ4n) is 2.51. The maximum atomic E-state index is 12.1. The molecule has 1 aromatic rings. The van der Waals surface area contributed by atoms with Crippen LogP contribution in [0.15, 0.2) is 18.5 Å². The number of pyridine rings is 1. The summed E-state index contributed by atoms with van der Waals surface area (Å²) in [5.74, 6) is 0.399. The third-order valence-electron chi connectivity index (χ3n) is 3.66. The Kier molecular flexibility index (Phi) is 4.18. The maximum absolute atomic E-state index is 12.1. The molecule has 0 spiro atoms. The normalized spacial score (nSPS) is 24.3. The van der Waals surface area contributed by atoms with Crippen molar-refractivity contribution < 1.29 is 9.90 Å². The van der Waals surface area contributed by atoms with Crippen LogP contribution in [0, 0.1) is 5.92 Å². The Morgan fingerprint density at radius 3 is 2.89 bits per heavy atom. The second-order valence-corrected chi connectivity index (χ2v) is 5.13. The summed E-state index contributed by atoms with van der Waals surface area (Å²) in [6.45, 7) is 2.19. The van der Waals surface area contributed by atoms with E-state index in [9.17, 15) is 9.90 Å². The van der Waals surface area contributed by atoms with E-state index in [0.29, 0.717) is 11.5 Å². The molecule has 1 heterocycles. The minimum absolute atomic E-state index is 0.0246.